The maximum atomic E-state index is 9.36. The molecule has 0 aromatic heterocycles. The van der Waals surface area contributed by atoms with Crippen LogP contribution < -0.4 is 5.32 Å². The molecule has 0 aliphatic heterocycles. The van der Waals surface area contributed by atoms with Crippen molar-refractivity contribution in [1.29, 1.82) is 0 Å². The molecule has 0 amide bonds. The van der Waals surface area contributed by atoms with E-state index >= 15 is 0 Å². The number of aromatic hydroxyl groups is 1. The summed E-state index contributed by atoms with van der Waals surface area (Å²) in [4.78, 5) is 0. The molecule has 0 saturated heterocycles. The molecule has 0 heterocycles. The number of hydrogen-bond acceptors (Lipinski definition) is 2. The summed E-state index contributed by atoms with van der Waals surface area (Å²) in [5.74, 6) is 0.313. The van der Waals surface area contributed by atoms with E-state index in [0.29, 0.717) is 5.75 Å². The first-order valence-electron chi connectivity index (χ1n) is 6.88. The quantitative estimate of drug-likeness (QED) is 0.823. The number of benzene rings is 2. The van der Waals surface area contributed by atoms with Crippen molar-refractivity contribution in [1.82, 2.24) is 0 Å². The van der Waals surface area contributed by atoms with Gasteiger partial charge in [-0.3, -0.25) is 0 Å². The Labute approximate surface area is 115 Å². The number of para-hydroxylation sites is 1. The Morgan fingerprint density at radius 1 is 1.00 bits per heavy atom. The molecule has 100 valence electrons. The predicted molar refractivity (Wildman–Crippen MR) is 80.6 cm³/mol. The second kappa shape index (κ2) is 6.28. The Balaban J connectivity index is 2.21. The number of phenols is 1. The smallest absolute Gasteiger partial charge is 0.115 e. The zero-order valence-corrected chi connectivity index (χ0v) is 11.6. The Hall–Kier alpha value is -1.96. The second-order valence-corrected chi connectivity index (χ2v) is 4.71. The van der Waals surface area contributed by atoms with Gasteiger partial charge in [0, 0.05) is 5.69 Å². The molecule has 2 aromatic rings. The van der Waals surface area contributed by atoms with Crippen molar-refractivity contribution in [2.24, 2.45) is 0 Å². The molecule has 1 atom stereocenters. The van der Waals surface area contributed by atoms with Crippen molar-refractivity contribution in [3.63, 3.8) is 0 Å². The third-order valence-electron chi connectivity index (χ3n) is 3.43. The average molecular weight is 255 g/mol. The zero-order valence-electron chi connectivity index (χ0n) is 11.6. The van der Waals surface area contributed by atoms with Crippen molar-refractivity contribution < 1.29 is 5.11 Å². The first kappa shape index (κ1) is 13.5. The lowest BCUT2D eigenvalue weighted by atomic mass is 10.0. The summed E-state index contributed by atoms with van der Waals surface area (Å²) >= 11 is 0. The SMILES string of the molecule is CCc1ccccc1NC(CC)c1ccc(O)cc1. The fourth-order valence-electron chi connectivity index (χ4n) is 2.28. The number of aryl methyl sites for hydroxylation is 1. The molecule has 2 aromatic carbocycles. The summed E-state index contributed by atoms with van der Waals surface area (Å²) in [5.41, 5.74) is 3.73. The molecule has 2 N–H and O–H groups in total. The van der Waals surface area contributed by atoms with Gasteiger partial charge in [0.05, 0.1) is 6.04 Å². The van der Waals surface area contributed by atoms with Crippen LogP contribution in [0.25, 0.3) is 0 Å². The van der Waals surface area contributed by atoms with Gasteiger partial charge in [0.25, 0.3) is 0 Å². The third kappa shape index (κ3) is 3.28. The van der Waals surface area contributed by atoms with Crippen LogP contribution in [0.3, 0.4) is 0 Å². The van der Waals surface area contributed by atoms with Gasteiger partial charge in [-0.05, 0) is 42.2 Å². The average Bonchev–Trinajstić information content (AvgIpc) is 2.46. The van der Waals surface area contributed by atoms with Gasteiger partial charge in [0.1, 0.15) is 5.75 Å². The molecule has 0 radical (unpaired) electrons. The van der Waals surface area contributed by atoms with Crippen molar-refractivity contribution in [3.05, 3.63) is 59.7 Å². The number of anilines is 1. The van der Waals surface area contributed by atoms with Crippen LogP contribution in [0.5, 0.6) is 5.75 Å². The van der Waals surface area contributed by atoms with Gasteiger partial charge in [-0.15, -0.1) is 0 Å². The Bertz CT molecular complexity index is 519. The Morgan fingerprint density at radius 2 is 1.68 bits per heavy atom. The monoisotopic (exact) mass is 255 g/mol. The third-order valence-corrected chi connectivity index (χ3v) is 3.43. The molecule has 0 fully saturated rings. The van der Waals surface area contributed by atoms with E-state index < -0.39 is 0 Å². The van der Waals surface area contributed by atoms with E-state index in [2.05, 4.69) is 43.4 Å². The van der Waals surface area contributed by atoms with Crippen LogP contribution in [0.4, 0.5) is 5.69 Å². The molecular formula is C17H21NO. The maximum absolute atomic E-state index is 9.36. The molecule has 0 aliphatic rings. The van der Waals surface area contributed by atoms with Crippen LogP contribution in [-0.2, 0) is 6.42 Å². The van der Waals surface area contributed by atoms with Crippen molar-refractivity contribution in [2.75, 3.05) is 5.32 Å². The lowest BCUT2D eigenvalue weighted by Gasteiger charge is -2.20. The fourth-order valence-corrected chi connectivity index (χ4v) is 2.28. The highest BCUT2D eigenvalue weighted by Crippen LogP contribution is 2.26. The van der Waals surface area contributed by atoms with E-state index in [1.54, 1.807) is 12.1 Å². The molecule has 2 nitrogen and oxygen atoms in total. The molecule has 2 heteroatoms. The lowest BCUT2D eigenvalue weighted by molar-refractivity contribution is 0.475. The van der Waals surface area contributed by atoms with Gasteiger partial charge in [0.2, 0.25) is 0 Å². The molecule has 19 heavy (non-hydrogen) atoms. The fraction of sp³-hybridized carbons (Fsp3) is 0.294. The second-order valence-electron chi connectivity index (χ2n) is 4.71. The van der Waals surface area contributed by atoms with Crippen molar-refractivity contribution in [3.8, 4) is 5.75 Å². The van der Waals surface area contributed by atoms with E-state index in [0.717, 1.165) is 12.8 Å². The molecule has 1 unspecified atom stereocenters. The van der Waals surface area contributed by atoms with Gasteiger partial charge in [-0.2, -0.15) is 0 Å². The number of phenolic OH excluding ortho intramolecular Hbond substituents is 1. The highest BCUT2D eigenvalue weighted by molar-refractivity contribution is 5.52. The Morgan fingerprint density at radius 3 is 2.32 bits per heavy atom. The number of nitrogens with one attached hydrogen (secondary N) is 1. The highest BCUT2D eigenvalue weighted by Gasteiger charge is 2.10. The highest BCUT2D eigenvalue weighted by atomic mass is 16.3. The van der Waals surface area contributed by atoms with E-state index in [1.165, 1.54) is 16.8 Å². The first-order valence-corrected chi connectivity index (χ1v) is 6.88. The first-order chi connectivity index (χ1) is 9.24. The summed E-state index contributed by atoms with van der Waals surface area (Å²) in [6, 6.07) is 16.1. The molecule has 0 bridgehead atoms. The summed E-state index contributed by atoms with van der Waals surface area (Å²) in [6.07, 6.45) is 2.03. The predicted octanol–water partition coefficient (Wildman–Crippen LogP) is 4.52. The van der Waals surface area contributed by atoms with Crippen molar-refractivity contribution >= 4 is 5.69 Å². The van der Waals surface area contributed by atoms with E-state index in [4.69, 9.17) is 0 Å². The van der Waals surface area contributed by atoms with Gasteiger partial charge < -0.3 is 10.4 Å². The van der Waals surface area contributed by atoms with E-state index in [9.17, 15) is 5.11 Å². The largest absolute Gasteiger partial charge is 0.508 e. The molecule has 2 rings (SSSR count). The molecule has 0 aliphatic carbocycles. The van der Waals surface area contributed by atoms with E-state index in [1.807, 2.05) is 12.1 Å². The Kier molecular flexibility index (Phi) is 4.45. The van der Waals surface area contributed by atoms with Gasteiger partial charge in [-0.25, -0.2) is 0 Å². The summed E-state index contributed by atoms with van der Waals surface area (Å²) in [5, 5.41) is 13.0. The minimum atomic E-state index is 0.272. The standard InChI is InChI=1S/C17H21NO/c1-3-13-7-5-6-8-17(13)18-16(4-2)14-9-11-15(19)12-10-14/h5-12,16,18-19H,3-4H2,1-2H3. The number of hydrogen-bond donors (Lipinski definition) is 2. The summed E-state index contributed by atoms with van der Waals surface area (Å²) < 4.78 is 0. The minimum Gasteiger partial charge on any atom is -0.508 e. The normalized spacial score (nSPS) is 12.1. The van der Waals surface area contributed by atoms with Crippen LogP contribution in [0.2, 0.25) is 0 Å². The van der Waals surface area contributed by atoms with Gasteiger partial charge in [0.15, 0.2) is 0 Å². The summed E-state index contributed by atoms with van der Waals surface area (Å²) in [7, 11) is 0. The van der Waals surface area contributed by atoms with Crippen molar-refractivity contribution in [2.45, 2.75) is 32.7 Å². The summed E-state index contributed by atoms with van der Waals surface area (Å²) in [6.45, 7) is 4.33. The van der Waals surface area contributed by atoms with Crippen LogP contribution >= 0.6 is 0 Å². The zero-order chi connectivity index (χ0) is 13.7. The molecule has 0 saturated carbocycles. The lowest BCUT2D eigenvalue weighted by Crippen LogP contribution is -2.10. The van der Waals surface area contributed by atoms with Gasteiger partial charge in [-0.1, -0.05) is 44.2 Å². The molecular weight excluding hydrogens is 234 g/mol. The maximum Gasteiger partial charge on any atom is 0.115 e. The minimum absolute atomic E-state index is 0.272. The van der Waals surface area contributed by atoms with Crippen LogP contribution in [-0.4, -0.2) is 5.11 Å². The van der Waals surface area contributed by atoms with Gasteiger partial charge >= 0.3 is 0 Å². The van der Waals surface area contributed by atoms with Crippen LogP contribution in [0, 0.1) is 0 Å². The number of rotatable bonds is 5. The molecule has 0 spiro atoms. The van der Waals surface area contributed by atoms with E-state index in [-0.39, 0.29) is 6.04 Å². The van der Waals surface area contributed by atoms with Crippen LogP contribution in [0.1, 0.15) is 37.4 Å². The van der Waals surface area contributed by atoms with Crippen LogP contribution in [0.15, 0.2) is 48.5 Å². The topological polar surface area (TPSA) is 32.3 Å².